The lowest BCUT2D eigenvalue weighted by molar-refractivity contribution is -0.136. The molecule has 0 radical (unpaired) electrons. The van der Waals surface area contributed by atoms with Gasteiger partial charge in [-0.15, -0.1) is 0 Å². The highest BCUT2D eigenvalue weighted by atomic mass is 16.4. The van der Waals surface area contributed by atoms with Crippen LogP contribution in [-0.4, -0.2) is 44.7 Å². The Labute approximate surface area is 162 Å². The summed E-state index contributed by atoms with van der Waals surface area (Å²) in [4.78, 5) is 10.4. The first kappa shape index (κ1) is 24.8. The first-order valence-electron chi connectivity index (χ1n) is 9.21. The van der Waals surface area contributed by atoms with Crippen LogP contribution in [0.5, 0.6) is 0 Å². The highest BCUT2D eigenvalue weighted by Gasteiger charge is 2.10. The second kappa shape index (κ2) is 17.2. The number of carboxylic acids is 1. The zero-order valence-electron chi connectivity index (χ0n) is 15.9. The quantitative estimate of drug-likeness (QED) is 0.275. The lowest BCUT2D eigenvalue weighted by Crippen LogP contribution is -2.22. The summed E-state index contributed by atoms with van der Waals surface area (Å²) in [5, 5.41) is 37.7. The van der Waals surface area contributed by atoms with Crippen LogP contribution in [0.4, 0.5) is 0 Å². The van der Waals surface area contributed by atoms with Crippen molar-refractivity contribution in [3.63, 3.8) is 0 Å². The lowest BCUT2D eigenvalue weighted by Gasteiger charge is -2.11. The maximum Gasteiger partial charge on any atom is 0.303 e. The fraction of sp³-hybridized carbons (Fsp3) is 0.409. The molecule has 0 heterocycles. The second-order valence-electron chi connectivity index (χ2n) is 5.92. The number of hydrogen-bond donors (Lipinski definition) is 4. The summed E-state index contributed by atoms with van der Waals surface area (Å²) in [6.07, 6.45) is 20.9. The van der Waals surface area contributed by atoms with Crippen molar-refractivity contribution in [2.24, 2.45) is 0 Å². The van der Waals surface area contributed by atoms with Gasteiger partial charge in [0, 0.05) is 6.42 Å². The molecular formula is C22H32O5. The van der Waals surface area contributed by atoms with Crippen molar-refractivity contribution in [2.45, 2.75) is 57.3 Å². The van der Waals surface area contributed by atoms with Gasteiger partial charge in [-0.2, -0.15) is 0 Å². The van der Waals surface area contributed by atoms with Gasteiger partial charge in [-0.05, 0) is 25.7 Å². The van der Waals surface area contributed by atoms with Gasteiger partial charge in [0.1, 0.15) is 0 Å². The molecule has 0 bridgehead atoms. The van der Waals surface area contributed by atoms with Crippen LogP contribution >= 0.6 is 0 Å². The van der Waals surface area contributed by atoms with Crippen LogP contribution in [-0.2, 0) is 4.79 Å². The van der Waals surface area contributed by atoms with Crippen molar-refractivity contribution in [1.29, 1.82) is 0 Å². The average molecular weight is 376 g/mol. The minimum atomic E-state index is -0.992. The number of aliphatic hydroxyl groups excluding tert-OH is 3. The number of carboxylic acid groups (broad SMARTS) is 1. The third-order valence-electron chi connectivity index (χ3n) is 3.44. The molecule has 0 aliphatic heterocycles. The third-order valence-corrected chi connectivity index (χ3v) is 3.44. The number of aliphatic hydroxyl groups is 3. The zero-order chi connectivity index (χ0) is 20.3. The molecule has 3 atom stereocenters. The van der Waals surface area contributed by atoms with E-state index in [0.717, 1.165) is 6.42 Å². The number of rotatable bonds is 14. The predicted octanol–water partition coefficient (Wildman–Crippen LogP) is 3.46. The number of aliphatic carboxylic acids is 1. The van der Waals surface area contributed by atoms with Crippen molar-refractivity contribution < 1.29 is 25.2 Å². The van der Waals surface area contributed by atoms with E-state index in [9.17, 15) is 20.1 Å². The normalized spacial score (nSPS) is 16.6. The van der Waals surface area contributed by atoms with Crippen molar-refractivity contribution in [3.05, 3.63) is 72.9 Å². The molecule has 0 aliphatic carbocycles. The molecular weight excluding hydrogens is 344 g/mol. The molecule has 0 aromatic rings. The molecule has 0 unspecified atom stereocenters. The number of hydrogen-bond acceptors (Lipinski definition) is 4. The van der Waals surface area contributed by atoms with E-state index in [0.29, 0.717) is 12.8 Å². The topological polar surface area (TPSA) is 98.0 Å². The zero-order valence-corrected chi connectivity index (χ0v) is 15.9. The van der Waals surface area contributed by atoms with Crippen LogP contribution in [0.25, 0.3) is 0 Å². The molecule has 0 aromatic heterocycles. The number of allylic oxidation sites excluding steroid dienone is 8. The monoisotopic (exact) mass is 376 g/mol. The Morgan fingerprint density at radius 3 is 2.04 bits per heavy atom. The van der Waals surface area contributed by atoms with Gasteiger partial charge in [0.05, 0.1) is 18.3 Å². The van der Waals surface area contributed by atoms with Gasteiger partial charge in [0.25, 0.3) is 0 Å². The van der Waals surface area contributed by atoms with Crippen LogP contribution in [0.2, 0.25) is 0 Å². The van der Waals surface area contributed by atoms with Crippen LogP contribution < -0.4 is 0 Å². The Hall–Kier alpha value is -2.21. The van der Waals surface area contributed by atoms with Gasteiger partial charge in [-0.25, -0.2) is 0 Å². The largest absolute Gasteiger partial charge is 0.481 e. The van der Waals surface area contributed by atoms with Gasteiger partial charge in [-0.1, -0.05) is 79.8 Å². The molecule has 0 spiro atoms. The molecule has 5 heteroatoms. The van der Waals surface area contributed by atoms with E-state index in [1.54, 1.807) is 54.7 Å². The Morgan fingerprint density at radius 1 is 0.815 bits per heavy atom. The minimum Gasteiger partial charge on any atom is -0.481 e. The Balaban J connectivity index is 4.06. The predicted molar refractivity (Wildman–Crippen MR) is 109 cm³/mol. The minimum absolute atomic E-state index is 0.0530. The molecule has 0 saturated heterocycles. The molecule has 0 fully saturated rings. The molecule has 0 aromatic carbocycles. The fourth-order valence-electron chi connectivity index (χ4n) is 1.94. The van der Waals surface area contributed by atoms with Gasteiger partial charge in [0.2, 0.25) is 0 Å². The molecule has 150 valence electrons. The second-order valence-corrected chi connectivity index (χ2v) is 5.92. The van der Waals surface area contributed by atoms with Crippen molar-refractivity contribution in [1.82, 2.24) is 0 Å². The van der Waals surface area contributed by atoms with Crippen molar-refractivity contribution in [3.8, 4) is 0 Å². The van der Waals surface area contributed by atoms with Gasteiger partial charge >= 0.3 is 5.97 Å². The molecule has 0 rings (SSSR count). The number of carbonyl (C=O) groups is 1. The maximum absolute atomic E-state index is 10.4. The fourth-order valence-corrected chi connectivity index (χ4v) is 1.94. The summed E-state index contributed by atoms with van der Waals surface area (Å²) < 4.78 is 0. The molecule has 4 N–H and O–H groups in total. The van der Waals surface area contributed by atoms with Crippen LogP contribution in [0.1, 0.15) is 39.0 Å². The first-order chi connectivity index (χ1) is 13.0. The van der Waals surface area contributed by atoms with Gasteiger partial charge < -0.3 is 20.4 Å². The summed E-state index contributed by atoms with van der Waals surface area (Å²) in [6, 6.07) is 0. The average Bonchev–Trinajstić information content (AvgIpc) is 2.63. The Kier molecular flexibility index (Phi) is 15.8. The summed E-state index contributed by atoms with van der Waals surface area (Å²) in [5.74, 6) is -0.861. The summed E-state index contributed by atoms with van der Waals surface area (Å²) in [6.45, 7) is 2.05. The van der Waals surface area contributed by atoms with E-state index in [1.165, 1.54) is 6.08 Å². The molecule has 5 nitrogen and oxygen atoms in total. The van der Waals surface area contributed by atoms with Gasteiger partial charge in [-0.3, -0.25) is 4.79 Å². The van der Waals surface area contributed by atoms with E-state index >= 15 is 0 Å². The van der Waals surface area contributed by atoms with Crippen LogP contribution in [0.3, 0.4) is 0 Å². The summed E-state index contributed by atoms with van der Waals surface area (Å²) >= 11 is 0. The molecule has 27 heavy (non-hydrogen) atoms. The van der Waals surface area contributed by atoms with E-state index in [2.05, 4.69) is 0 Å². The Morgan fingerprint density at radius 2 is 1.41 bits per heavy atom. The maximum atomic E-state index is 10.4. The van der Waals surface area contributed by atoms with E-state index < -0.39 is 24.3 Å². The molecule has 0 amide bonds. The Bertz CT molecular complexity index is 555. The van der Waals surface area contributed by atoms with E-state index in [4.69, 9.17) is 5.11 Å². The SMILES string of the molecule is CC/C=C\C[C@H](O)/C=C/C=C/C=C\C=C/[C@@H](O)[C@@H](O)C/C=C\CCC(=O)O. The smallest absolute Gasteiger partial charge is 0.303 e. The van der Waals surface area contributed by atoms with Crippen LogP contribution in [0.15, 0.2) is 72.9 Å². The van der Waals surface area contributed by atoms with Crippen molar-refractivity contribution in [2.75, 3.05) is 0 Å². The van der Waals surface area contributed by atoms with Crippen molar-refractivity contribution >= 4 is 5.97 Å². The summed E-state index contributed by atoms with van der Waals surface area (Å²) in [7, 11) is 0. The van der Waals surface area contributed by atoms with E-state index in [1.807, 2.05) is 19.1 Å². The summed E-state index contributed by atoms with van der Waals surface area (Å²) in [5.41, 5.74) is 0. The first-order valence-corrected chi connectivity index (χ1v) is 9.21. The highest BCUT2D eigenvalue weighted by molar-refractivity contribution is 5.66. The van der Waals surface area contributed by atoms with Crippen LogP contribution in [0, 0.1) is 0 Å². The van der Waals surface area contributed by atoms with E-state index in [-0.39, 0.29) is 12.8 Å². The standard InChI is InChI=1S/C22H32O5/c1-2-3-9-14-19(23)15-10-6-4-5-7-11-16-20(24)21(25)17-12-8-13-18-22(26)27/h3-12,15-16,19-21,23-25H,2,13-14,17-18H2,1H3,(H,26,27)/b6-4+,7-5-,9-3-,12-8-,15-10+,16-11-/t19-,20+,21-/m0/s1. The molecule has 0 saturated carbocycles. The lowest BCUT2D eigenvalue weighted by atomic mass is 10.1. The van der Waals surface area contributed by atoms with Gasteiger partial charge in [0.15, 0.2) is 0 Å². The highest BCUT2D eigenvalue weighted by Crippen LogP contribution is 2.03. The molecule has 0 aliphatic rings. The third kappa shape index (κ3) is 17.0.